The van der Waals surface area contributed by atoms with Crippen molar-refractivity contribution in [2.24, 2.45) is 0 Å². The number of rotatable bonds is 4. The number of halogens is 1. The van der Waals surface area contributed by atoms with Gasteiger partial charge in [-0.2, -0.15) is 0 Å². The van der Waals surface area contributed by atoms with Crippen molar-refractivity contribution < 1.29 is 0 Å². The fourth-order valence-corrected chi connectivity index (χ4v) is 14.0. The van der Waals surface area contributed by atoms with Gasteiger partial charge in [0.2, 0.25) is 0 Å². The Labute approximate surface area is 468 Å². The molecule has 4 nitrogen and oxygen atoms in total. The molecule has 8 aromatic carbocycles. The zero-order valence-corrected chi connectivity index (χ0v) is 47.2. The highest BCUT2D eigenvalue weighted by Gasteiger charge is 2.29. The lowest BCUT2D eigenvalue weighted by molar-refractivity contribution is 0.591. The van der Waals surface area contributed by atoms with E-state index in [4.69, 9.17) is 6.58 Å². The van der Waals surface area contributed by atoms with Crippen LogP contribution in [0.2, 0.25) is 0 Å². The molecule has 0 N–H and O–H groups in total. The summed E-state index contributed by atoms with van der Waals surface area (Å²) in [5.74, 6) is 0. The average molecular weight is 1120 g/mol. The Morgan fingerprint density at radius 3 is 1.53 bits per heavy atom. The summed E-state index contributed by atoms with van der Waals surface area (Å²) >= 11 is 2.63. The van der Waals surface area contributed by atoms with E-state index < -0.39 is 0 Å². The molecule has 0 radical (unpaired) electrons. The smallest absolute Gasteiger partial charge is 0.0788 e. The Kier molecular flexibility index (Phi) is 10.4. The van der Waals surface area contributed by atoms with E-state index in [0.717, 1.165) is 29.7 Å². The van der Waals surface area contributed by atoms with Crippen LogP contribution in [0.15, 0.2) is 218 Å². The van der Waals surface area contributed by atoms with Crippen LogP contribution < -0.4 is 0 Å². The van der Waals surface area contributed by atoms with Gasteiger partial charge in [-0.3, -0.25) is 0 Å². The van der Waals surface area contributed by atoms with Gasteiger partial charge in [-0.25, -0.2) is 0 Å². The highest BCUT2D eigenvalue weighted by Crippen LogP contribution is 2.48. The van der Waals surface area contributed by atoms with E-state index in [9.17, 15) is 0 Å². The maximum Gasteiger partial charge on any atom is 0.0788 e. The third-order valence-electron chi connectivity index (χ3n) is 17.1. The van der Waals surface area contributed by atoms with Crippen molar-refractivity contribution in [3.05, 3.63) is 230 Å². The Morgan fingerprint density at radius 2 is 0.936 bits per heavy atom. The fourth-order valence-electron chi connectivity index (χ4n) is 13.1. The summed E-state index contributed by atoms with van der Waals surface area (Å²) in [6.45, 7) is 18.6. The predicted molar refractivity (Wildman–Crippen MR) is 344 cm³/mol. The first-order valence-electron chi connectivity index (χ1n) is 27.5. The highest BCUT2D eigenvalue weighted by atomic mass is 127. The summed E-state index contributed by atoms with van der Waals surface area (Å²) < 4.78 is 10.2. The first-order valence-corrected chi connectivity index (χ1v) is 28.8. The summed E-state index contributed by atoms with van der Waals surface area (Å²) in [5, 5.41) is 10.0. The topological polar surface area (TPSA) is 19.7 Å². The predicted octanol–water partition coefficient (Wildman–Crippen LogP) is 20.4. The third kappa shape index (κ3) is 7.02. The van der Waals surface area contributed by atoms with Gasteiger partial charge in [0.1, 0.15) is 0 Å². The van der Waals surface area contributed by atoms with Crippen molar-refractivity contribution >= 4 is 127 Å². The largest absolute Gasteiger partial charge is 0.311 e. The van der Waals surface area contributed by atoms with Gasteiger partial charge in [0.15, 0.2) is 0 Å². The minimum Gasteiger partial charge on any atom is -0.311 e. The Balaban J connectivity index is 0.926. The number of alkyl halides is 1. The number of nitrogens with zero attached hydrogens (tertiary/aromatic N) is 4. The molecule has 1 atom stereocenters. The minimum absolute atomic E-state index is 0.0114. The molecule has 1 aliphatic heterocycles. The molecule has 0 amide bonds. The SMILES string of the molecule is C=C1C=CC=C2C=CC=C(C2I)n2c3ccc(C(C)(C)C)cc3c3ccc4c5cc(-c6cccc(-c7ccc8c(c7)c7ccc9c%10cc(C(C)(C)C)ccc%10n(C%10=CC=CCC%10)c9c7n8-c7ccccc7)c6)ccc5n1c4c32. The number of fused-ring (bicyclic) bond motifs is 16. The molecule has 0 spiro atoms. The van der Waals surface area contributed by atoms with Crippen LogP contribution in [0.5, 0.6) is 0 Å². The van der Waals surface area contributed by atoms with Gasteiger partial charge in [-0.15, -0.1) is 0 Å². The molecule has 0 fully saturated rings. The van der Waals surface area contributed by atoms with Crippen LogP contribution >= 0.6 is 22.6 Å². The van der Waals surface area contributed by atoms with Crippen LogP contribution in [-0.4, -0.2) is 22.2 Å². The lowest BCUT2D eigenvalue weighted by Gasteiger charge is -2.23. The van der Waals surface area contributed by atoms with Crippen molar-refractivity contribution in [1.29, 1.82) is 0 Å². The minimum atomic E-state index is 0.0114. The van der Waals surface area contributed by atoms with E-state index in [1.165, 1.54) is 132 Å². The van der Waals surface area contributed by atoms with E-state index in [1.807, 2.05) is 0 Å². The molecular weight excluding hydrogens is 1060 g/mol. The van der Waals surface area contributed by atoms with E-state index in [2.05, 4.69) is 289 Å². The van der Waals surface area contributed by atoms with Gasteiger partial charge < -0.3 is 18.3 Å². The first kappa shape index (κ1) is 47.1. The number of aromatic nitrogens is 4. The van der Waals surface area contributed by atoms with Crippen LogP contribution in [0.3, 0.4) is 0 Å². The molecule has 2 bridgehead atoms. The monoisotopic (exact) mass is 1120 g/mol. The van der Waals surface area contributed by atoms with Gasteiger partial charge >= 0.3 is 0 Å². The zero-order chi connectivity index (χ0) is 52.9. The van der Waals surface area contributed by atoms with E-state index in [-0.39, 0.29) is 14.8 Å². The number of para-hydroxylation sites is 1. The lowest BCUT2D eigenvalue weighted by Crippen LogP contribution is -2.13. The molecule has 4 aromatic heterocycles. The van der Waals surface area contributed by atoms with Crippen LogP contribution in [0.25, 0.3) is 132 Å². The van der Waals surface area contributed by atoms with Crippen LogP contribution in [0.4, 0.5) is 0 Å². The summed E-state index contributed by atoms with van der Waals surface area (Å²) in [5.41, 5.74) is 23.1. The van der Waals surface area contributed by atoms with Crippen molar-refractivity contribution in [1.82, 2.24) is 18.3 Å². The number of allylic oxidation sites excluding steroid dienone is 13. The first-order chi connectivity index (χ1) is 37.8. The quantitative estimate of drug-likeness (QED) is 0.124. The van der Waals surface area contributed by atoms with Crippen LogP contribution in [0, 0.1) is 0 Å². The number of hydrogen-bond donors (Lipinski definition) is 0. The second-order valence-electron chi connectivity index (χ2n) is 23.9. The molecule has 1 unspecified atom stereocenters. The van der Waals surface area contributed by atoms with E-state index in [0.29, 0.717) is 0 Å². The summed E-state index contributed by atoms with van der Waals surface area (Å²) in [6, 6.07) is 58.0. The van der Waals surface area contributed by atoms with Crippen LogP contribution in [-0.2, 0) is 10.8 Å². The Morgan fingerprint density at radius 1 is 0.436 bits per heavy atom. The lowest BCUT2D eigenvalue weighted by atomic mass is 9.86. The molecule has 5 heteroatoms. The van der Waals surface area contributed by atoms with Crippen LogP contribution in [0.1, 0.15) is 65.5 Å². The maximum atomic E-state index is 4.77. The molecular formula is C73H59IN4. The molecule has 12 aromatic rings. The molecule has 5 heterocycles. The number of benzene rings is 8. The molecule has 0 saturated carbocycles. The Bertz CT molecular complexity index is 4820. The van der Waals surface area contributed by atoms with Gasteiger partial charge in [0, 0.05) is 65.9 Å². The summed E-state index contributed by atoms with van der Waals surface area (Å²) in [7, 11) is 0. The second kappa shape index (κ2) is 17.2. The van der Waals surface area contributed by atoms with Crippen molar-refractivity contribution in [2.75, 3.05) is 0 Å². The van der Waals surface area contributed by atoms with E-state index in [1.54, 1.807) is 0 Å². The van der Waals surface area contributed by atoms with Gasteiger partial charge in [-0.05, 0) is 148 Å². The van der Waals surface area contributed by atoms with Crippen molar-refractivity contribution in [3.63, 3.8) is 0 Å². The standard InChI is InChI=1S/C73H59IN4/c1-44-17-14-18-45-19-16-26-66(67(45)74)78-65-38-30-51(73(5,6)7)43-61(65)57-34-31-54-58-40-48(27-35-62(58)75(44)68(54)71(57)78)46-20-15-21-47(39-46)49-28-36-63-59(41-49)55-32-33-56-60-42-50(72(2,3)4)29-37-64(60)77(53-24-12-9-13-25-53)70(56)69(55)76(63)52-22-10-8-11-23-52/h8-12,14-24,26-43,67H,1,13,25H2,2-7H3. The summed E-state index contributed by atoms with van der Waals surface area (Å²) in [4.78, 5) is 0. The molecule has 15 rings (SSSR count). The zero-order valence-electron chi connectivity index (χ0n) is 45.0. The normalized spacial score (nSPS) is 16.0. The number of hydrogen-bond acceptors (Lipinski definition) is 0. The van der Waals surface area contributed by atoms with Gasteiger partial charge in [-0.1, -0.05) is 192 Å². The molecule has 0 saturated heterocycles. The van der Waals surface area contributed by atoms with Gasteiger partial charge in [0.25, 0.3) is 0 Å². The molecule has 2 aliphatic carbocycles. The highest BCUT2D eigenvalue weighted by molar-refractivity contribution is 14.1. The van der Waals surface area contributed by atoms with E-state index >= 15 is 0 Å². The average Bonchev–Trinajstić information content (AvgIpc) is 4.00. The van der Waals surface area contributed by atoms with Gasteiger partial charge in [0.05, 0.1) is 48.1 Å². The Hall–Kier alpha value is -8.13. The van der Waals surface area contributed by atoms with Crippen molar-refractivity contribution in [2.45, 2.75) is 69.1 Å². The fraction of sp³-hybridized carbons (Fsp3) is 0.151. The third-order valence-corrected chi connectivity index (χ3v) is 18.5. The molecule has 378 valence electrons. The van der Waals surface area contributed by atoms with Crippen molar-refractivity contribution in [3.8, 4) is 27.9 Å². The second-order valence-corrected chi connectivity index (χ2v) is 25.1. The maximum absolute atomic E-state index is 4.77. The molecule has 78 heavy (non-hydrogen) atoms. The summed E-state index contributed by atoms with van der Waals surface area (Å²) in [6.07, 6.45) is 22.2. The molecule has 3 aliphatic rings.